The number of piperazine rings is 1. The third-order valence-electron chi connectivity index (χ3n) is 5.87. The van der Waals surface area contributed by atoms with E-state index < -0.39 is 17.7 Å². The van der Waals surface area contributed by atoms with Gasteiger partial charge >= 0.3 is 0 Å². The third-order valence-corrected chi connectivity index (χ3v) is 6.91. The topological polar surface area (TPSA) is 88.6 Å². The van der Waals surface area contributed by atoms with E-state index in [1.54, 1.807) is 16.3 Å². The number of amides is 3. The molecule has 1 aromatic heterocycles. The summed E-state index contributed by atoms with van der Waals surface area (Å²) >= 11 is 1.56. The van der Waals surface area contributed by atoms with Gasteiger partial charge in [-0.15, -0.1) is 11.3 Å². The first-order valence-corrected chi connectivity index (χ1v) is 11.6. The molecule has 0 unspecified atom stereocenters. The predicted molar refractivity (Wildman–Crippen MR) is 127 cm³/mol. The van der Waals surface area contributed by atoms with Crippen LogP contribution in [0.5, 0.6) is 0 Å². The van der Waals surface area contributed by atoms with Gasteiger partial charge in [-0.25, -0.2) is 10.0 Å². The molecule has 33 heavy (non-hydrogen) atoms. The third kappa shape index (κ3) is 4.03. The Morgan fingerprint density at radius 3 is 2.52 bits per heavy atom. The summed E-state index contributed by atoms with van der Waals surface area (Å²) in [5, 5.41) is 2.58. The van der Waals surface area contributed by atoms with E-state index in [1.165, 1.54) is 12.2 Å². The van der Waals surface area contributed by atoms with Crippen LogP contribution in [-0.4, -0.2) is 78.0 Å². The number of benzene rings is 1. The summed E-state index contributed by atoms with van der Waals surface area (Å²) in [7, 11) is 2.12. The van der Waals surface area contributed by atoms with Crippen LogP contribution in [0.25, 0.3) is 0 Å². The first-order valence-electron chi connectivity index (χ1n) is 10.8. The number of para-hydroxylation sites is 2. The first kappa shape index (κ1) is 21.4. The molecule has 5 rings (SSSR count). The fraction of sp³-hybridized carbons (Fsp3) is 0.304. The van der Waals surface area contributed by atoms with Gasteiger partial charge in [0.25, 0.3) is 17.7 Å². The summed E-state index contributed by atoms with van der Waals surface area (Å²) < 4.78 is 0. The van der Waals surface area contributed by atoms with Crippen LogP contribution in [0, 0.1) is 6.92 Å². The number of rotatable bonds is 3. The Bertz CT molecular complexity index is 1180. The van der Waals surface area contributed by atoms with Gasteiger partial charge in [0.05, 0.1) is 16.9 Å². The monoisotopic (exact) mass is 464 g/mol. The SMILES string of the molecule is Cc1cc2c(s1)N(NC(=O)CN1C(=O)C=CC1=O)c1ccccc1N=C2N1CCN(C)CC1. The Hall–Kier alpha value is -3.50. The number of thiophene rings is 1. The maximum Gasteiger partial charge on any atom is 0.259 e. The zero-order valence-electron chi connectivity index (χ0n) is 18.4. The van der Waals surface area contributed by atoms with Crippen molar-refractivity contribution in [2.24, 2.45) is 4.99 Å². The number of likely N-dealkylation sites (N-methyl/N-ethyl adjacent to an activating group) is 1. The summed E-state index contributed by atoms with van der Waals surface area (Å²) in [6, 6.07) is 9.73. The van der Waals surface area contributed by atoms with Crippen molar-refractivity contribution in [3.8, 4) is 0 Å². The predicted octanol–water partition coefficient (Wildman–Crippen LogP) is 1.79. The van der Waals surface area contributed by atoms with Gasteiger partial charge in [0.2, 0.25) is 0 Å². The van der Waals surface area contributed by atoms with E-state index in [4.69, 9.17) is 4.99 Å². The number of amidine groups is 1. The van der Waals surface area contributed by atoms with Gasteiger partial charge in [-0.1, -0.05) is 12.1 Å². The number of nitrogens with one attached hydrogen (secondary N) is 1. The molecule has 0 aliphatic carbocycles. The van der Waals surface area contributed by atoms with Crippen LogP contribution < -0.4 is 10.4 Å². The number of aryl methyl sites for hydroxylation is 1. The standard InChI is InChI=1S/C23H24N6O3S/c1-15-13-16-22(27-11-9-26(2)10-12-27)24-17-5-3-4-6-18(17)29(23(16)33-15)25-19(30)14-28-20(31)7-8-21(28)32/h3-8,13H,9-12,14H2,1-2H3,(H,25,30). The maximum atomic E-state index is 12.9. The number of anilines is 2. The molecular formula is C23H24N6O3S. The molecule has 1 fully saturated rings. The van der Waals surface area contributed by atoms with Crippen LogP contribution in [0.3, 0.4) is 0 Å². The molecular weight excluding hydrogens is 440 g/mol. The number of carbonyl (C=O) groups is 3. The van der Waals surface area contributed by atoms with Crippen LogP contribution in [0.4, 0.5) is 16.4 Å². The van der Waals surface area contributed by atoms with Crippen LogP contribution in [0.15, 0.2) is 47.5 Å². The van der Waals surface area contributed by atoms with Gasteiger partial charge in [-0.3, -0.25) is 24.7 Å². The summed E-state index contributed by atoms with van der Waals surface area (Å²) in [5.41, 5.74) is 5.34. The van der Waals surface area contributed by atoms with Gasteiger partial charge in [-0.05, 0) is 32.2 Å². The van der Waals surface area contributed by atoms with Gasteiger partial charge in [0.1, 0.15) is 17.4 Å². The van der Waals surface area contributed by atoms with Gasteiger partial charge < -0.3 is 9.80 Å². The van der Waals surface area contributed by atoms with Gasteiger partial charge in [-0.2, -0.15) is 0 Å². The fourth-order valence-electron chi connectivity index (χ4n) is 4.12. The molecule has 3 amide bonds. The Labute approximate surface area is 195 Å². The van der Waals surface area contributed by atoms with Crippen molar-refractivity contribution < 1.29 is 14.4 Å². The Morgan fingerprint density at radius 2 is 1.79 bits per heavy atom. The number of hydrogen-bond donors (Lipinski definition) is 1. The van der Waals surface area contributed by atoms with Crippen molar-refractivity contribution >= 4 is 51.3 Å². The lowest BCUT2D eigenvalue weighted by atomic mass is 10.2. The summed E-state index contributed by atoms with van der Waals surface area (Å²) in [4.78, 5) is 48.4. The van der Waals surface area contributed by atoms with Crippen molar-refractivity contribution in [3.05, 3.63) is 52.9 Å². The van der Waals surface area contributed by atoms with Crippen LogP contribution >= 0.6 is 11.3 Å². The maximum absolute atomic E-state index is 12.9. The number of aliphatic imine (C=N–C) groups is 1. The lowest BCUT2D eigenvalue weighted by Crippen LogP contribution is -2.48. The summed E-state index contributed by atoms with van der Waals surface area (Å²) in [6.45, 7) is 5.31. The molecule has 1 saturated heterocycles. The number of hydrogen-bond acceptors (Lipinski definition) is 8. The van der Waals surface area contributed by atoms with E-state index in [-0.39, 0.29) is 6.54 Å². The van der Waals surface area contributed by atoms with E-state index in [2.05, 4.69) is 28.3 Å². The minimum Gasteiger partial charge on any atom is -0.353 e. The Kier molecular flexibility index (Phi) is 5.47. The van der Waals surface area contributed by atoms with E-state index in [0.717, 1.165) is 63.7 Å². The zero-order valence-corrected chi connectivity index (χ0v) is 19.3. The summed E-state index contributed by atoms with van der Waals surface area (Å²) in [6.07, 6.45) is 2.35. The minimum absolute atomic E-state index is 0.352. The molecule has 0 bridgehead atoms. The highest BCUT2D eigenvalue weighted by Crippen LogP contribution is 2.43. The van der Waals surface area contributed by atoms with Crippen LogP contribution in [0.2, 0.25) is 0 Å². The fourth-order valence-corrected chi connectivity index (χ4v) is 5.10. The van der Waals surface area contributed by atoms with Crippen molar-refractivity contribution in [2.45, 2.75) is 6.92 Å². The quantitative estimate of drug-likeness (QED) is 0.697. The number of nitrogens with zero attached hydrogens (tertiary/aromatic N) is 5. The largest absolute Gasteiger partial charge is 0.353 e. The normalized spacial score (nSPS) is 18.2. The molecule has 2 aromatic rings. The molecule has 1 aromatic carbocycles. The molecule has 10 heteroatoms. The highest BCUT2D eigenvalue weighted by atomic mass is 32.1. The smallest absolute Gasteiger partial charge is 0.259 e. The molecule has 4 heterocycles. The van der Waals surface area contributed by atoms with Crippen molar-refractivity contribution in [3.63, 3.8) is 0 Å². The van der Waals surface area contributed by atoms with E-state index in [0.29, 0.717) is 0 Å². The molecule has 0 saturated carbocycles. The Balaban J connectivity index is 1.50. The van der Waals surface area contributed by atoms with E-state index in [9.17, 15) is 14.4 Å². The molecule has 3 aliphatic heterocycles. The lowest BCUT2D eigenvalue weighted by molar-refractivity contribution is -0.141. The van der Waals surface area contributed by atoms with Crippen LogP contribution in [0.1, 0.15) is 10.4 Å². The number of hydrazine groups is 1. The van der Waals surface area contributed by atoms with E-state index >= 15 is 0 Å². The highest BCUT2D eigenvalue weighted by molar-refractivity contribution is 7.16. The molecule has 0 spiro atoms. The number of imide groups is 1. The average molecular weight is 465 g/mol. The molecule has 1 N–H and O–H groups in total. The molecule has 9 nitrogen and oxygen atoms in total. The highest BCUT2D eigenvalue weighted by Gasteiger charge is 2.32. The van der Waals surface area contributed by atoms with Gasteiger partial charge in [0, 0.05) is 43.2 Å². The first-order chi connectivity index (χ1) is 15.9. The second-order valence-electron chi connectivity index (χ2n) is 8.26. The average Bonchev–Trinajstić information content (AvgIpc) is 3.30. The van der Waals surface area contributed by atoms with Crippen molar-refractivity contribution in [2.75, 3.05) is 44.8 Å². The minimum atomic E-state index is -0.486. The lowest BCUT2D eigenvalue weighted by Gasteiger charge is -2.34. The second-order valence-corrected chi connectivity index (χ2v) is 9.49. The van der Waals surface area contributed by atoms with Crippen molar-refractivity contribution in [1.29, 1.82) is 0 Å². The van der Waals surface area contributed by atoms with Crippen LogP contribution in [-0.2, 0) is 14.4 Å². The Morgan fingerprint density at radius 1 is 1.09 bits per heavy atom. The molecule has 170 valence electrons. The number of fused-ring (bicyclic) bond motifs is 2. The van der Waals surface area contributed by atoms with E-state index in [1.807, 2.05) is 31.2 Å². The second kappa shape index (κ2) is 8.45. The van der Waals surface area contributed by atoms with Crippen molar-refractivity contribution in [1.82, 2.24) is 20.1 Å². The molecule has 3 aliphatic rings. The number of carbonyl (C=O) groups excluding carboxylic acids is 3. The van der Waals surface area contributed by atoms with Gasteiger partial charge in [0.15, 0.2) is 0 Å². The zero-order chi connectivity index (χ0) is 23.1. The molecule has 0 radical (unpaired) electrons. The molecule has 0 atom stereocenters. The summed E-state index contributed by atoms with van der Waals surface area (Å²) in [5.74, 6) is -0.546.